The Morgan fingerprint density at radius 2 is 2.12 bits per heavy atom. The molecule has 1 amide bonds. The molecule has 1 aromatic carbocycles. The molecule has 0 spiro atoms. The topological polar surface area (TPSA) is 106 Å². The molecular formula is C18H21N3O5. The molecule has 1 fully saturated rings. The number of likely N-dealkylation sites (tertiary alicyclic amines) is 1. The second kappa shape index (κ2) is 7.99. The van der Waals surface area contributed by atoms with E-state index in [2.05, 4.69) is 10.1 Å². The van der Waals surface area contributed by atoms with Gasteiger partial charge in [-0.15, -0.1) is 0 Å². The Bertz CT molecular complexity index is 771. The Morgan fingerprint density at radius 3 is 2.81 bits per heavy atom. The highest BCUT2D eigenvalue weighted by atomic mass is 16.5. The van der Waals surface area contributed by atoms with Crippen LogP contribution in [-0.2, 0) is 16.0 Å². The fourth-order valence-corrected chi connectivity index (χ4v) is 3.07. The average Bonchev–Trinajstić information content (AvgIpc) is 3.31. The highest BCUT2D eigenvalue weighted by Crippen LogP contribution is 2.21. The third-order valence-electron chi connectivity index (χ3n) is 4.46. The van der Waals surface area contributed by atoms with E-state index in [1.807, 2.05) is 24.3 Å². The number of carbonyl (C=O) groups excluding carboxylic acids is 1. The van der Waals surface area contributed by atoms with Crippen molar-refractivity contribution in [1.29, 1.82) is 0 Å². The van der Waals surface area contributed by atoms with Crippen LogP contribution in [0.25, 0.3) is 11.4 Å². The first-order valence-electron chi connectivity index (χ1n) is 8.58. The second-order valence-electron chi connectivity index (χ2n) is 6.18. The Labute approximate surface area is 150 Å². The van der Waals surface area contributed by atoms with Crippen molar-refractivity contribution in [2.45, 2.75) is 38.1 Å². The van der Waals surface area contributed by atoms with Gasteiger partial charge in [0.25, 0.3) is 0 Å². The van der Waals surface area contributed by atoms with Crippen molar-refractivity contribution in [3.8, 4) is 17.1 Å². The fourth-order valence-electron chi connectivity index (χ4n) is 3.07. The molecule has 8 heteroatoms. The van der Waals surface area contributed by atoms with E-state index in [0.717, 1.165) is 17.7 Å². The summed E-state index contributed by atoms with van der Waals surface area (Å²) in [5.41, 5.74) is 0.818. The molecule has 26 heavy (non-hydrogen) atoms. The Kier molecular flexibility index (Phi) is 5.50. The van der Waals surface area contributed by atoms with Gasteiger partial charge in [-0.3, -0.25) is 4.79 Å². The smallest absolute Gasteiger partial charge is 0.326 e. The number of rotatable bonds is 7. The molecule has 2 aromatic rings. The zero-order valence-electron chi connectivity index (χ0n) is 14.6. The minimum absolute atomic E-state index is 0.134. The summed E-state index contributed by atoms with van der Waals surface area (Å²) in [5, 5.41) is 13.1. The van der Waals surface area contributed by atoms with Crippen LogP contribution in [0.2, 0.25) is 0 Å². The SMILES string of the molecule is COc1ccc(-c2noc(CCCC(=O)N3CCC[C@H]3C(=O)O)n2)cc1. The molecule has 1 N–H and O–H groups in total. The van der Waals surface area contributed by atoms with Crippen LogP contribution in [0.5, 0.6) is 5.75 Å². The number of amides is 1. The predicted octanol–water partition coefficient (Wildman–Crippen LogP) is 2.14. The highest BCUT2D eigenvalue weighted by Gasteiger charge is 2.33. The van der Waals surface area contributed by atoms with Crippen LogP contribution in [0.3, 0.4) is 0 Å². The number of carbonyl (C=O) groups is 2. The van der Waals surface area contributed by atoms with E-state index >= 15 is 0 Å². The molecule has 0 bridgehead atoms. The number of aliphatic carboxylic acids is 1. The van der Waals surface area contributed by atoms with Crippen LogP contribution in [0.1, 0.15) is 31.6 Å². The molecule has 0 radical (unpaired) electrons. The van der Waals surface area contributed by atoms with E-state index in [1.165, 1.54) is 4.90 Å². The number of nitrogens with zero attached hydrogens (tertiary/aromatic N) is 3. The Morgan fingerprint density at radius 1 is 1.35 bits per heavy atom. The van der Waals surface area contributed by atoms with Crippen LogP contribution in [-0.4, -0.2) is 51.7 Å². The van der Waals surface area contributed by atoms with Gasteiger partial charge in [0.2, 0.25) is 17.6 Å². The lowest BCUT2D eigenvalue weighted by molar-refractivity contribution is -0.148. The van der Waals surface area contributed by atoms with Gasteiger partial charge in [-0.1, -0.05) is 5.16 Å². The monoisotopic (exact) mass is 359 g/mol. The van der Waals surface area contributed by atoms with E-state index in [-0.39, 0.29) is 12.3 Å². The summed E-state index contributed by atoms with van der Waals surface area (Å²) in [6.45, 7) is 0.512. The van der Waals surface area contributed by atoms with Crippen molar-refractivity contribution in [2.24, 2.45) is 0 Å². The summed E-state index contributed by atoms with van der Waals surface area (Å²) in [6, 6.07) is 6.64. The summed E-state index contributed by atoms with van der Waals surface area (Å²) in [5.74, 6) is 0.624. The lowest BCUT2D eigenvalue weighted by atomic mass is 10.2. The first-order valence-corrected chi connectivity index (χ1v) is 8.58. The molecule has 1 atom stereocenters. The number of carboxylic acids is 1. The van der Waals surface area contributed by atoms with Crippen LogP contribution < -0.4 is 4.74 Å². The van der Waals surface area contributed by atoms with Crippen molar-refractivity contribution >= 4 is 11.9 Å². The molecule has 0 saturated carbocycles. The van der Waals surface area contributed by atoms with E-state index in [0.29, 0.717) is 37.5 Å². The molecule has 3 rings (SSSR count). The van der Waals surface area contributed by atoms with Crippen LogP contribution >= 0.6 is 0 Å². The van der Waals surface area contributed by atoms with Crippen molar-refractivity contribution in [2.75, 3.05) is 13.7 Å². The molecule has 0 unspecified atom stereocenters. The maximum absolute atomic E-state index is 12.2. The van der Waals surface area contributed by atoms with Gasteiger partial charge < -0.3 is 19.3 Å². The number of hydrogen-bond acceptors (Lipinski definition) is 6. The highest BCUT2D eigenvalue weighted by molar-refractivity contribution is 5.84. The van der Waals surface area contributed by atoms with Crippen molar-refractivity contribution in [1.82, 2.24) is 15.0 Å². The zero-order chi connectivity index (χ0) is 18.5. The third-order valence-corrected chi connectivity index (χ3v) is 4.46. The van der Waals surface area contributed by atoms with Crippen molar-refractivity contribution < 1.29 is 24.0 Å². The van der Waals surface area contributed by atoms with Crippen molar-refractivity contribution in [3.63, 3.8) is 0 Å². The maximum atomic E-state index is 12.2. The van der Waals surface area contributed by atoms with Gasteiger partial charge in [-0.05, 0) is 43.5 Å². The molecule has 2 heterocycles. The molecular weight excluding hydrogens is 338 g/mol. The second-order valence-corrected chi connectivity index (χ2v) is 6.18. The molecule has 1 aromatic heterocycles. The normalized spacial score (nSPS) is 16.7. The molecule has 1 aliphatic heterocycles. The summed E-state index contributed by atoms with van der Waals surface area (Å²) in [6.07, 6.45) is 2.53. The van der Waals surface area contributed by atoms with Crippen LogP contribution in [0, 0.1) is 0 Å². The Balaban J connectivity index is 1.52. The largest absolute Gasteiger partial charge is 0.497 e. The lowest BCUT2D eigenvalue weighted by Gasteiger charge is -2.21. The van der Waals surface area contributed by atoms with Crippen LogP contribution in [0.4, 0.5) is 0 Å². The summed E-state index contributed by atoms with van der Waals surface area (Å²) in [4.78, 5) is 29.2. The predicted molar refractivity (Wildman–Crippen MR) is 91.6 cm³/mol. The van der Waals surface area contributed by atoms with Gasteiger partial charge >= 0.3 is 5.97 Å². The number of aromatic nitrogens is 2. The average molecular weight is 359 g/mol. The van der Waals surface area contributed by atoms with Crippen molar-refractivity contribution in [3.05, 3.63) is 30.2 Å². The van der Waals surface area contributed by atoms with Crippen LogP contribution in [0.15, 0.2) is 28.8 Å². The van der Waals surface area contributed by atoms with E-state index in [9.17, 15) is 9.59 Å². The molecule has 8 nitrogen and oxygen atoms in total. The fraction of sp³-hybridized carbons (Fsp3) is 0.444. The van der Waals surface area contributed by atoms with Gasteiger partial charge in [0.1, 0.15) is 11.8 Å². The number of methoxy groups -OCH3 is 1. The number of aryl methyl sites for hydroxylation is 1. The van der Waals surface area contributed by atoms with Gasteiger partial charge in [0.15, 0.2) is 0 Å². The lowest BCUT2D eigenvalue weighted by Crippen LogP contribution is -2.40. The van der Waals surface area contributed by atoms with Gasteiger partial charge in [0.05, 0.1) is 7.11 Å². The summed E-state index contributed by atoms with van der Waals surface area (Å²) in [7, 11) is 1.60. The van der Waals surface area contributed by atoms with Gasteiger partial charge in [-0.25, -0.2) is 4.79 Å². The molecule has 138 valence electrons. The molecule has 0 aliphatic carbocycles. The first kappa shape index (κ1) is 17.9. The number of carboxylic acid groups (broad SMARTS) is 1. The number of benzene rings is 1. The number of ether oxygens (including phenoxy) is 1. The third kappa shape index (κ3) is 4.01. The first-order chi connectivity index (χ1) is 12.6. The minimum atomic E-state index is -0.933. The Hall–Kier alpha value is -2.90. The summed E-state index contributed by atoms with van der Waals surface area (Å²) >= 11 is 0. The maximum Gasteiger partial charge on any atom is 0.326 e. The standard InChI is InChI=1S/C18H21N3O5/c1-25-13-9-7-12(8-10-13)17-19-15(26-20-17)5-2-6-16(22)21-11-3-4-14(21)18(23)24/h7-10,14H,2-6,11H2,1H3,(H,23,24)/t14-/m0/s1. The summed E-state index contributed by atoms with van der Waals surface area (Å²) < 4.78 is 10.3. The van der Waals surface area contributed by atoms with E-state index in [1.54, 1.807) is 7.11 Å². The molecule has 1 aliphatic rings. The van der Waals surface area contributed by atoms with E-state index in [4.69, 9.17) is 14.4 Å². The van der Waals surface area contributed by atoms with Gasteiger partial charge in [-0.2, -0.15) is 4.98 Å². The minimum Gasteiger partial charge on any atom is -0.497 e. The molecule has 1 saturated heterocycles. The van der Waals surface area contributed by atoms with Gasteiger partial charge in [0, 0.05) is 24.9 Å². The zero-order valence-corrected chi connectivity index (χ0v) is 14.6. The quantitative estimate of drug-likeness (QED) is 0.807. The van der Waals surface area contributed by atoms with E-state index < -0.39 is 12.0 Å². The number of hydrogen-bond donors (Lipinski definition) is 1.